The topological polar surface area (TPSA) is 92.9 Å². The summed E-state index contributed by atoms with van der Waals surface area (Å²) in [6, 6.07) is 24.5. The van der Waals surface area contributed by atoms with Crippen LogP contribution in [-0.2, 0) is 6.42 Å². The molecule has 1 aliphatic carbocycles. The summed E-state index contributed by atoms with van der Waals surface area (Å²) < 4.78 is 16.3. The molecule has 42 heavy (non-hydrogen) atoms. The van der Waals surface area contributed by atoms with E-state index in [2.05, 4.69) is 15.3 Å². The Balaban J connectivity index is 1.46. The van der Waals surface area contributed by atoms with Crippen LogP contribution in [0.4, 0.5) is 10.2 Å². The van der Waals surface area contributed by atoms with Crippen LogP contribution < -0.4 is 5.32 Å². The first-order valence-corrected chi connectivity index (χ1v) is 13.7. The predicted octanol–water partition coefficient (Wildman–Crippen LogP) is 6.99. The summed E-state index contributed by atoms with van der Waals surface area (Å²) in [5.41, 5.74) is 5.56. The van der Waals surface area contributed by atoms with Crippen molar-refractivity contribution in [3.8, 4) is 17.0 Å². The van der Waals surface area contributed by atoms with E-state index < -0.39 is 11.9 Å². The molecule has 1 unspecified atom stereocenters. The highest BCUT2D eigenvalue weighted by atomic mass is 19.1. The van der Waals surface area contributed by atoms with E-state index in [0.717, 1.165) is 32.9 Å². The van der Waals surface area contributed by atoms with Crippen LogP contribution in [0.3, 0.4) is 0 Å². The number of Topliss-reactive ketones (excluding diaryl/α,β-unsaturated/α-hetero) is 1. The molecule has 206 valence electrons. The molecular formula is C34H26FN5O2. The second kappa shape index (κ2) is 9.92. The quantitative estimate of drug-likeness (QED) is 0.238. The first-order valence-electron chi connectivity index (χ1n) is 13.7. The third-order valence-electron chi connectivity index (χ3n) is 8.00. The van der Waals surface area contributed by atoms with Gasteiger partial charge in [-0.3, -0.25) is 4.79 Å². The molecule has 0 saturated carbocycles. The molecule has 2 aromatic heterocycles. The van der Waals surface area contributed by atoms with Crippen LogP contribution in [0.2, 0.25) is 0 Å². The Morgan fingerprint density at radius 3 is 2.57 bits per heavy atom. The summed E-state index contributed by atoms with van der Waals surface area (Å²) in [5, 5.41) is 20.8. The average molecular weight is 556 g/mol. The molecule has 0 aliphatic heterocycles. The van der Waals surface area contributed by atoms with Crippen molar-refractivity contribution in [3.63, 3.8) is 0 Å². The number of aromatic nitrogens is 4. The summed E-state index contributed by atoms with van der Waals surface area (Å²) in [5.74, 6) is 0.296. The molecule has 0 bridgehead atoms. The molecule has 0 amide bonds. The number of hydrogen-bond donors (Lipinski definition) is 2. The maximum Gasteiger partial charge on any atom is 0.193 e. The highest BCUT2D eigenvalue weighted by Gasteiger charge is 2.32. The number of halogens is 1. The Labute approximate surface area is 241 Å². The number of carbonyl (C=O) groups is 1. The van der Waals surface area contributed by atoms with E-state index in [1.54, 1.807) is 31.3 Å². The summed E-state index contributed by atoms with van der Waals surface area (Å²) in [6.07, 6.45) is 2.00. The van der Waals surface area contributed by atoms with Gasteiger partial charge in [0, 0.05) is 23.7 Å². The maximum atomic E-state index is 14.4. The largest absolute Gasteiger partial charge is 0.508 e. The minimum atomic E-state index is -0.401. The highest BCUT2D eigenvalue weighted by molar-refractivity contribution is 6.31. The van der Waals surface area contributed by atoms with Gasteiger partial charge in [-0.2, -0.15) is 5.10 Å². The normalized spacial score (nSPS) is 13.9. The SMILES string of the molecule is CNc1ncnc2c1c(-c1ccc3cc(O)ccc3c1)nn2C(C)C1=C(c2cccc(F)c2)C(=O)c2ccccc2C1. The zero-order valence-corrected chi connectivity index (χ0v) is 23.0. The third-order valence-corrected chi connectivity index (χ3v) is 8.00. The fourth-order valence-electron chi connectivity index (χ4n) is 5.95. The number of ketones is 1. The third kappa shape index (κ3) is 4.11. The Morgan fingerprint density at radius 2 is 1.74 bits per heavy atom. The first-order chi connectivity index (χ1) is 20.4. The Bertz CT molecular complexity index is 2080. The first kappa shape index (κ1) is 25.6. The van der Waals surface area contributed by atoms with E-state index in [4.69, 9.17) is 5.10 Å². The van der Waals surface area contributed by atoms with Gasteiger partial charge in [-0.05, 0) is 71.1 Å². The number of nitrogens with one attached hydrogen (secondary N) is 1. The summed E-state index contributed by atoms with van der Waals surface area (Å²) in [6.45, 7) is 2.00. The van der Waals surface area contributed by atoms with Gasteiger partial charge in [0.1, 0.15) is 29.4 Å². The lowest BCUT2D eigenvalue weighted by molar-refractivity contribution is 0.105. The molecular weight excluding hydrogens is 529 g/mol. The van der Waals surface area contributed by atoms with Crippen LogP contribution in [0, 0.1) is 5.82 Å². The molecule has 2 N–H and O–H groups in total. The van der Waals surface area contributed by atoms with Crippen LogP contribution in [0.1, 0.15) is 34.5 Å². The van der Waals surface area contributed by atoms with Crippen molar-refractivity contribution in [2.45, 2.75) is 19.4 Å². The van der Waals surface area contributed by atoms with Crippen LogP contribution in [0.5, 0.6) is 5.75 Å². The van der Waals surface area contributed by atoms with Crippen molar-refractivity contribution in [1.82, 2.24) is 19.7 Å². The molecule has 6 aromatic rings. The van der Waals surface area contributed by atoms with Crippen LogP contribution in [0.15, 0.2) is 96.8 Å². The summed E-state index contributed by atoms with van der Waals surface area (Å²) in [4.78, 5) is 23.1. The second-order valence-corrected chi connectivity index (χ2v) is 10.5. The maximum absolute atomic E-state index is 14.4. The lowest BCUT2D eigenvalue weighted by atomic mass is 9.79. The van der Waals surface area contributed by atoms with Crippen molar-refractivity contribution >= 4 is 39.0 Å². The van der Waals surface area contributed by atoms with Gasteiger partial charge < -0.3 is 10.4 Å². The zero-order chi connectivity index (χ0) is 29.0. The van der Waals surface area contributed by atoms with E-state index in [-0.39, 0.29) is 11.5 Å². The van der Waals surface area contributed by atoms with Crippen LogP contribution in [-0.4, -0.2) is 37.7 Å². The van der Waals surface area contributed by atoms with Gasteiger partial charge in [-0.15, -0.1) is 0 Å². The van der Waals surface area contributed by atoms with Gasteiger partial charge in [0.25, 0.3) is 0 Å². The average Bonchev–Trinajstić information content (AvgIpc) is 3.40. The van der Waals surface area contributed by atoms with Gasteiger partial charge in [0.05, 0.1) is 11.4 Å². The van der Waals surface area contributed by atoms with E-state index in [0.29, 0.717) is 40.3 Å². The number of allylic oxidation sites excluding steroid dienone is 2. The number of nitrogens with zero attached hydrogens (tertiary/aromatic N) is 4. The molecule has 7 nitrogen and oxygen atoms in total. The minimum Gasteiger partial charge on any atom is -0.508 e. The molecule has 8 heteroatoms. The molecule has 4 aromatic carbocycles. The van der Waals surface area contributed by atoms with E-state index in [9.17, 15) is 14.3 Å². The number of benzene rings is 4. The summed E-state index contributed by atoms with van der Waals surface area (Å²) in [7, 11) is 1.80. The lowest BCUT2D eigenvalue weighted by Gasteiger charge is -2.27. The number of phenolic OH excluding ortho intramolecular Hbond substituents is 1. The fraction of sp³-hybridized carbons (Fsp3) is 0.118. The van der Waals surface area contributed by atoms with E-state index >= 15 is 0 Å². The van der Waals surface area contributed by atoms with Crippen LogP contribution in [0.25, 0.3) is 38.6 Å². The smallest absolute Gasteiger partial charge is 0.193 e. The number of fused-ring (bicyclic) bond motifs is 3. The molecule has 0 saturated heterocycles. The standard InChI is InChI=1S/C34H26FN5O2/c1-19(28-17-22-6-3-4-9-27(22)32(42)29(28)23-7-5-8-25(35)15-23)40-34-30(33(36-2)37-18-38-34)31(39-40)24-11-10-21-16-26(41)13-12-20(21)14-24/h3-16,18-19,41H,17H2,1-2H3,(H,36,37,38). The molecule has 0 spiro atoms. The number of carbonyl (C=O) groups excluding carboxylic acids is 1. The Kier molecular flexibility index (Phi) is 6.04. The second-order valence-electron chi connectivity index (χ2n) is 10.5. The number of aromatic hydroxyl groups is 1. The molecule has 7 rings (SSSR count). The Hall–Kier alpha value is -5.37. The van der Waals surface area contributed by atoms with Crippen molar-refractivity contribution < 1.29 is 14.3 Å². The van der Waals surface area contributed by atoms with Crippen molar-refractivity contribution in [2.24, 2.45) is 0 Å². The zero-order valence-electron chi connectivity index (χ0n) is 23.0. The number of anilines is 1. The van der Waals surface area contributed by atoms with Crippen LogP contribution >= 0.6 is 0 Å². The van der Waals surface area contributed by atoms with Gasteiger partial charge in [0.2, 0.25) is 0 Å². The molecule has 1 aliphatic rings. The van der Waals surface area contributed by atoms with E-state index in [1.807, 2.05) is 60.1 Å². The molecule has 0 fully saturated rings. The van der Waals surface area contributed by atoms with E-state index in [1.165, 1.54) is 18.5 Å². The number of rotatable bonds is 5. The van der Waals surface area contributed by atoms with Crippen molar-refractivity contribution in [2.75, 3.05) is 12.4 Å². The van der Waals surface area contributed by atoms with Gasteiger partial charge in [0.15, 0.2) is 11.4 Å². The van der Waals surface area contributed by atoms with Gasteiger partial charge >= 0.3 is 0 Å². The monoisotopic (exact) mass is 555 g/mol. The molecule has 2 heterocycles. The van der Waals surface area contributed by atoms with Crippen molar-refractivity contribution in [1.29, 1.82) is 0 Å². The number of hydrogen-bond acceptors (Lipinski definition) is 6. The fourth-order valence-corrected chi connectivity index (χ4v) is 5.95. The Morgan fingerprint density at radius 1 is 0.929 bits per heavy atom. The molecule has 0 radical (unpaired) electrons. The van der Waals surface area contributed by atoms with Gasteiger partial charge in [-0.1, -0.05) is 54.6 Å². The van der Waals surface area contributed by atoms with Crippen molar-refractivity contribution in [3.05, 3.63) is 119 Å². The lowest BCUT2D eigenvalue weighted by Crippen LogP contribution is -2.22. The van der Waals surface area contributed by atoms with Gasteiger partial charge in [-0.25, -0.2) is 19.0 Å². The highest BCUT2D eigenvalue weighted by Crippen LogP contribution is 2.41. The summed E-state index contributed by atoms with van der Waals surface area (Å²) >= 11 is 0. The number of phenols is 1. The molecule has 1 atom stereocenters. The minimum absolute atomic E-state index is 0.135. The predicted molar refractivity (Wildman–Crippen MR) is 162 cm³/mol.